The van der Waals surface area contributed by atoms with Crippen molar-refractivity contribution in [1.82, 2.24) is 0 Å². The second-order valence-electron chi connectivity index (χ2n) is 10.4. The van der Waals surface area contributed by atoms with E-state index in [1.54, 1.807) is 0 Å². The van der Waals surface area contributed by atoms with Crippen LogP contribution < -0.4 is 10.1 Å². The Morgan fingerprint density at radius 1 is 0.947 bits per heavy atom. The third kappa shape index (κ3) is 5.19. The summed E-state index contributed by atoms with van der Waals surface area (Å²) in [6.07, 6.45) is 7.71. The van der Waals surface area contributed by atoms with Crippen molar-refractivity contribution >= 4 is 33.5 Å². The topological polar surface area (TPSA) is 33.6 Å². The number of benzene rings is 4. The van der Waals surface area contributed by atoms with E-state index >= 15 is 0 Å². The van der Waals surface area contributed by atoms with E-state index in [0.29, 0.717) is 24.5 Å². The molecule has 4 aromatic carbocycles. The minimum atomic E-state index is 0.290. The molecule has 6 rings (SSSR count). The van der Waals surface area contributed by atoms with Gasteiger partial charge in [-0.1, -0.05) is 87.7 Å². The standard InChI is InChI=1S/C34H31BrN2O/c1-22-16-23(2)18-24(17-22)21-38-33-15-12-27(35)19-26(33)20-36-28-13-10-25(11-14-28)34-31-8-5-7-29(31)30-6-3-4-9-32(30)37-34/h3-7,9-20,29,31,34,37H,8,21H2,1-2H3/t29-,31-,34+/m1/s1. The maximum Gasteiger partial charge on any atom is 0.128 e. The molecule has 4 heteroatoms. The molecular weight excluding hydrogens is 532 g/mol. The number of fused-ring (bicyclic) bond motifs is 3. The Bertz CT molecular complexity index is 1500. The largest absolute Gasteiger partial charge is 0.488 e. The van der Waals surface area contributed by atoms with Crippen molar-refractivity contribution in [1.29, 1.82) is 0 Å². The summed E-state index contributed by atoms with van der Waals surface area (Å²) in [7, 11) is 0. The first kappa shape index (κ1) is 24.7. The van der Waals surface area contributed by atoms with Gasteiger partial charge in [0.25, 0.3) is 0 Å². The molecule has 0 radical (unpaired) electrons. The normalized spacial score (nSPS) is 19.7. The number of allylic oxidation sites excluding steroid dienone is 2. The zero-order valence-electron chi connectivity index (χ0n) is 21.7. The summed E-state index contributed by atoms with van der Waals surface area (Å²) in [6, 6.07) is 30.2. The first-order valence-electron chi connectivity index (χ1n) is 13.2. The van der Waals surface area contributed by atoms with E-state index in [1.807, 2.05) is 24.4 Å². The van der Waals surface area contributed by atoms with Gasteiger partial charge in [0.2, 0.25) is 0 Å². The summed E-state index contributed by atoms with van der Waals surface area (Å²) < 4.78 is 7.21. The molecule has 1 N–H and O–H groups in total. The number of nitrogens with zero attached hydrogens (tertiary/aromatic N) is 1. The van der Waals surface area contributed by atoms with Gasteiger partial charge in [-0.3, -0.25) is 4.99 Å². The van der Waals surface area contributed by atoms with Gasteiger partial charge in [-0.15, -0.1) is 0 Å². The molecule has 3 nitrogen and oxygen atoms in total. The molecule has 1 aliphatic heterocycles. The molecule has 0 spiro atoms. The van der Waals surface area contributed by atoms with Crippen molar-refractivity contribution in [3.63, 3.8) is 0 Å². The molecule has 0 aromatic heterocycles. The summed E-state index contributed by atoms with van der Waals surface area (Å²) in [5.41, 5.74) is 9.49. The average molecular weight is 564 g/mol. The zero-order chi connectivity index (χ0) is 26.1. The van der Waals surface area contributed by atoms with E-state index in [1.165, 1.54) is 33.5 Å². The lowest BCUT2D eigenvalue weighted by Crippen LogP contribution is -2.28. The highest BCUT2D eigenvalue weighted by Crippen LogP contribution is 2.49. The fourth-order valence-corrected chi connectivity index (χ4v) is 6.23. The van der Waals surface area contributed by atoms with Crippen LogP contribution >= 0.6 is 15.9 Å². The van der Waals surface area contributed by atoms with E-state index in [0.717, 1.165) is 27.9 Å². The van der Waals surface area contributed by atoms with Gasteiger partial charge in [-0.2, -0.15) is 0 Å². The average Bonchev–Trinajstić information content (AvgIpc) is 3.41. The summed E-state index contributed by atoms with van der Waals surface area (Å²) in [4.78, 5) is 4.79. The van der Waals surface area contributed by atoms with Crippen molar-refractivity contribution < 1.29 is 4.74 Å². The van der Waals surface area contributed by atoms with Crippen LogP contribution in [0, 0.1) is 19.8 Å². The Hall–Kier alpha value is -3.63. The van der Waals surface area contributed by atoms with Gasteiger partial charge in [0.05, 0.1) is 11.7 Å². The smallest absolute Gasteiger partial charge is 0.128 e. The molecule has 190 valence electrons. The molecule has 0 amide bonds. The monoisotopic (exact) mass is 562 g/mol. The van der Waals surface area contributed by atoms with Gasteiger partial charge in [0.15, 0.2) is 0 Å². The van der Waals surface area contributed by atoms with Crippen molar-refractivity contribution in [2.75, 3.05) is 5.32 Å². The van der Waals surface area contributed by atoms with Crippen LogP contribution in [0.25, 0.3) is 0 Å². The van der Waals surface area contributed by atoms with E-state index in [2.05, 4.69) is 114 Å². The molecule has 1 aliphatic carbocycles. The molecule has 0 saturated heterocycles. The highest BCUT2D eigenvalue weighted by molar-refractivity contribution is 9.10. The third-order valence-corrected chi connectivity index (χ3v) is 8.02. The molecule has 0 fully saturated rings. The van der Waals surface area contributed by atoms with Crippen LogP contribution in [0.2, 0.25) is 0 Å². The Labute approximate surface area is 233 Å². The van der Waals surface area contributed by atoms with E-state index in [9.17, 15) is 0 Å². The Morgan fingerprint density at radius 2 is 1.74 bits per heavy atom. The summed E-state index contributed by atoms with van der Waals surface area (Å²) in [5.74, 6) is 1.84. The quantitative estimate of drug-likeness (QED) is 0.187. The molecule has 38 heavy (non-hydrogen) atoms. The molecule has 0 saturated carbocycles. The van der Waals surface area contributed by atoms with Gasteiger partial charge in [0.1, 0.15) is 12.4 Å². The van der Waals surface area contributed by atoms with Crippen molar-refractivity contribution in [3.05, 3.63) is 135 Å². The molecular formula is C34H31BrN2O. The van der Waals surface area contributed by atoms with Crippen molar-refractivity contribution in [2.24, 2.45) is 10.9 Å². The molecule has 2 aliphatic rings. The maximum absolute atomic E-state index is 6.22. The zero-order valence-corrected chi connectivity index (χ0v) is 23.3. The van der Waals surface area contributed by atoms with Gasteiger partial charge in [-0.05, 0) is 79.3 Å². The molecule has 0 unspecified atom stereocenters. The maximum atomic E-state index is 6.22. The van der Waals surface area contributed by atoms with Gasteiger partial charge in [0, 0.05) is 27.9 Å². The van der Waals surface area contributed by atoms with Crippen LogP contribution in [0.15, 0.2) is 107 Å². The SMILES string of the molecule is Cc1cc(C)cc(COc2ccc(Br)cc2C=Nc2ccc([C@@H]3Nc4ccccc4[C@H]4C=CC[C@H]43)cc2)c1. The first-order chi connectivity index (χ1) is 18.5. The Kier molecular flexibility index (Phi) is 6.90. The minimum absolute atomic E-state index is 0.290. The van der Waals surface area contributed by atoms with Crippen LogP contribution in [-0.2, 0) is 6.61 Å². The second kappa shape index (κ2) is 10.6. The highest BCUT2D eigenvalue weighted by atomic mass is 79.9. The van der Waals surface area contributed by atoms with Crippen molar-refractivity contribution in [3.8, 4) is 5.75 Å². The molecule has 1 heterocycles. The van der Waals surface area contributed by atoms with Crippen LogP contribution in [0.3, 0.4) is 0 Å². The van der Waals surface area contributed by atoms with Crippen LogP contribution in [-0.4, -0.2) is 6.21 Å². The fraction of sp³-hybridized carbons (Fsp3) is 0.206. The minimum Gasteiger partial charge on any atom is -0.488 e. The van der Waals surface area contributed by atoms with Crippen LogP contribution in [0.4, 0.5) is 11.4 Å². The number of halogens is 1. The third-order valence-electron chi connectivity index (χ3n) is 7.52. The Morgan fingerprint density at radius 3 is 2.55 bits per heavy atom. The fourth-order valence-electron chi connectivity index (χ4n) is 5.85. The predicted octanol–water partition coefficient (Wildman–Crippen LogP) is 9.22. The predicted molar refractivity (Wildman–Crippen MR) is 161 cm³/mol. The number of para-hydroxylation sites is 1. The molecule has 0 bridgehead atoms. The number of anilines is 1. The number of rotatable bonds is 6. The number of nitrogens with one attached hydrogen (secondary N) is 1. The van der Waals surface area contributed by atoms with Gasteiger partial charge < -0.3 is 10.1 Å². The number of hydrogen-bond acceptors (Lipinski definition) is 3. The summed E-state index contributed by atoms with van der Waals surface area (Å²) >= 11 is 3.60. The lowest BCUT2D eigenvalue weighted by Gasteiger charge is -2.37. The van der Waals surface area contributed by atoms with E-state index in [4.69, 9.17) is 9.73 Å². The van der Waals surface area contributed by atoms with Gasteiger partial charge in [-0.25, -0.2) is 0 Å². The molecule has 4 aromatic rings. The summed E-state index contributed by atoms with van der Waals surface area (Å²) in [6.45, 7) is 4.76. The van der Waals surface area contributed by atoms with E-state index in [-0.39, 0.29) is 0 Å². The number of aliphatic imine (C=N–C) groups is 1. The number of aryl methyl sites for hydroxylation is 2. The Balaban J connectivity index is 1.19. The van der Waals surface area contributed by atoms with Crippen LogP contribution in [0.5, 0.6) is 5.75 Å². The van der Waals surface area contributed by atoms with E-state index < -0.39 is 0 Å². The number of hydrogen-bond donors (Lipinski definition) is 1. The number of ether oxygens (including phenoxy) is 1. The highest BCUT2D eigenvalue weighted by Gasteiger charge is 2.37. The second-order valence-corrected chi connectivity index (χ2v) is 11.3. The summed E-state index contributed by atoms with van der Waals surface area (Å²) in [5, 5.41) is 3.81. The van der Waals surface area contributed by atoms with Crippen molar-refractivity contribution in [2.45, 2.75) is 38.8 Å². The van der Waals surface area contributed by atoms with Crippen LogP contribution in [0.1, 0.15) is 51.8 Å². The van der Waals surface area contributed by atoms with Gasteiger partial charge >= 0.3 is 0 Å². The lowest BCUT2D eigenvalue weighted by molar-refractivity contribution is 0.305. The first-order valence-corrected chi connectivity index (χ1v) is 14.0. The molecule has 3 atom stereocenters. The lowest BCUT2D eigenvalue weighted by atomic mass is 9.77.